The molecule has 3 heteroatoms. The molecule has 0 spiro atoms. The summed E-state index contributed by atoms with van der Waals surface area (Å²) in [5.74, 6) is 0. The zero-order valence-corrected chi connectivity index (χ0v) is 12.2. The first kappa shape index (κ1) is 12.8. The second kappa shape index (κ2) is 5.80. The molecule has 0 radical (unpaired) electrons. The number of halogens is 1. The lowest BCUT2D eigenvalue weighted by Crippen LogP contribution is -2.12. The molecule has 0 saturated heterocycles. The highest BCUT2D eigenvalue weighted by molar-refractivity contribution is 9.10. The minimum atomic E-state index is 0.118. The molecule has 90 valence electrons. The van der Waals surface area contributed by atoms with Crippen LogP contribution in [0.4, 0.5) is 0 Å². The molecule has 0 aliphatic heterocycles. The van der Waals surface area contributed by atoms with E-state index in [4.69, 9.17) is 5.73 Å². The summed E-state index contributed by atoms with van der Waals surface area (Å²) >= 11 is 5.24. The Hall–Kier alpha value is -0.640. The largest absolute Gasteiger partial charge is 0.324 e. The molecule has 1 atom stereocenters. The fourth-order valence-electron chi connectivity index (χ4n) is 1.92. The Bertz CT molecular complexity index is 479. The zero-order valence-electron chi connectivity index (χ0n) is 9.82. The number of thiophene rings is 1. The molecule has 1 heterocycles. The van der Waals surface area contributed by atoms with Gasteiger partial charge in [-0.2, -0.15) is 11.3 Å². The van der Waals surface area contributed by atoms with Gasteiger partial charge in [-0.25, -0.2) is 0 Å². The Morgan fingerprint density at radius 1 is 1.35 bits per heavy atom. The predicted octanol–water partition coefficient (Wildman–Crippen LogP) is 4.45. The molecule has 2 rings (SSSR count). The number of hydrogen-bond donors (Lipinski definition) is 1. The van der Waals surface area contributed by atoms with Crippen molar-refractivity contribution in [2.24, 2.45) is 5.73 Å². The molecule has 1 nitrogen and oxygen atoms in total. The third kappa shape index (κ3) is 3.41. The molecular formula is C14H16BrNS. The Kier molecular flexibility index (Phi) is 4.37. The van der Waals surface area contributed by atoms with Gasteiger partial charge in [-0.1, -0.05) is 22.0 Å². The van der Waals surface area contributed by atoms with E-state index >= 15 is 0 Å². The van der Waals surface area contributed by atoms with Gasteiger partial charge in [0.15, 0.2) is 0 Å². The van der Waals surface area contributed by atoms with Crippen molar-refractivity contribution in [3.8, 4) is 0 Å². The van der Waals surface area contributed by atoms with Gasteiger partial charge >= 0.3 is 0 Å². The van der Waals surface area contributed by atoms with Crippen LogP contribution < -0.4 is 5.73 Å². The summed E-state index contributed by atoms with van der Waals surface area (Å²) in [6.07, 6.45) is 2.05. The van der Waals surface area contributed by atoms with Crippen LogP contribution in [0.2, 0.25) is 0 Å². The van der Waals surface area contributed by atoms with Crippen LogP contribution in [0.5, 0.6) is 0 Å². The van der Waals surface area contributed by atoms with E-state index < -0.39 is 0 Å². The van der Waals surface area contributed by atoms with Crippen molar-refractivity contribution >= 4 is 27.3 Å². The molecule has 0 aliphatic rings. The molecular weight excluding hydrogens is 294 g/mol. The van der Waals surface area contributed by atoms with Crippen LogP contribution in [0.25, 0.3) is 0 Å². The van der Waals surface area contributed by atoms with Gasteiger partial charge in [0.1, 0.15) is 0 Å². The highest BCUT2D eigenvalue weighted by Gasteiger charge is 2.09. The first-order valence-corrected chi connectivity index (χ1v) is 7.43. The molecule has 1 aromatic heterocycles. The summed E-state index contributed by atoms with van der Waals surface area (Å²) in [6.45, 7) is 2.12. The van der Waals surface area contributed by atoms with Gasteiger partial charge < -0.3 is 5.73 Å². The van der Waals surface area contributed by atoms with Crippen LogP contribution >= 0.6 is 27.3 Å². The van der Waals surface area contributed by atoms with Crippen LogP contribution in [0.15, 0.2) is 39.5 Å². The van der Waals surface area contributed by atoms with Crippen molar-refractivity contribution in [2.45, 2.75) is 25.8 Å². The lowest BCUT2D eigenvalue weighted by atomic mass is 9.97. The summed E-state index contributed by atoms with van der Waals surface area (Å²) in [4.78, 5) is 0. The monoisotopic (exact) mass is 309 g/mol. The SMILES string of the molecule is Cc1ccc(Br)cc1C(N)CCc1ccsc1. The minimum Gasteiger partial charge on any atom is -0.324 e. The van der Waals surface area contributed by atoms with Crippen molar-refractivity contribution < 1.29 is 0 Å². The van der Waals surface area contributed by atoms with Crippen LogP contribution in [-0.2, 0) is 6.42 Å². The van der Waals surface area contributed by atoms with Gasteiger partial charge in [-0.05, 0) is 65.4 Å². The summed E-state index contributed by atoms with van der Waals surface area (Å²) in [5.41, 5.74) is 10.2. The van der Waals surface area contributed by atoms with Crippen molar-refractivity contribution in [3.63, 3.8) is 0 Å². The maximum absolute atomic E-state index is 6.26. The van der Waals surface area contributed by atoms with Gasteiger partial charge in [-0.15, -0.1) is 0 Å². The Labute approximate surface area is 115 Å². The van der Waals surface area contributed by atoms with Crippen molar-refractivity contribution in [3.05, 3.63) is 56.2 Å². The van der Waals surface area contributed by atoms with E-state index in [-0.39, 0.29) is 6.04 Å². The van der Waals surface area contributed by atoms with Crippen LogP contribution in [-0.4, -0.2) is 0 Å². The molecule has 2 aromatic rings. The standard InChI is InChI=1S/C14H16BrNS/c1-10-2-4-12(15)8-13(10)14(16)5-3-11-6-7-17-9-11/h2,4,6-9,14H,3,5,16H2,1H3. The second-order valence-corrected chi connectivity index (χ2v) is 5.97. The van der Waals surface area contributed by atoms with Gasteiger partial charge in [0.05, 0.1) is 0 Å². The number of nitrogens with two attached hydrogens (primary N) is 1. The van der Waals surface area contributed by atoms with Gasteiger partial charge in [-0.3, -0.25) is 0 Å². The predicted molar refractivity (Wildman–Crippen MR) is 78.4 cm³/mol. The van der Waals surface area contributed by atoms with Crippen LogP contribution in [0.3, 0.4) is 0 Å². The Morgan fingerprint density at radius 2 is 2.18 bits per heavy atom. The number of rotatable bonds is 4. The third-order valence-corrected chi connectivity index (χ3v) is 4.19. The molecule has 17 heavy (non-hydrogen) atoms. The first-order chi connectivity index (χ1) is 8.16. The normalized spacial score (nSPS) is 12.6. The molecule has 0 fully saturated rings. The summed E-state index contributed by atoms with van der Waals surface area (Å²) in [5, 5.41) is 4.31. The van der Waals surface area contributed by atoms with Gasteiger partial charge in [0.25, 0.3) is 0 Å². The lowest BCUT2D eigenvalue weighted by molar-refractivity contribution is 0.648. The summed E-state index contributed by atoms with van der Waals surface area (Å²) in [7, 11) is 0. The van der Waals surface area contributed by atoms with E-state index in [9.17, 15) is 0 Å². The quantitative estimate of drug-likeness (QED) is 0.887. The summed E-state index contributed by atoms with van der Waals surface area (Å²) < 4.78 is 1.10. The maximum atomic E-state index is 6.26. The fraction of sp³-hybridized carbons (Fsp3) is 0.286. The van der Waals surface area contributed by atoms with E-state index in [0.29, 0.717) is 0 Å². The zero-order chi connectivity index (χ0) is 12.3. The molecule has 2 N–H and O–H groups in total. The van der Waals surface area contributed by atoms with Crippen LogP contribution in [0, 0.1) is 6.92 Å². The molecule has 1 aromatic carbocycles. The molecule has 0 amide bonds. The number of hydrogen-bond acceptors (Lipinski definition) is 2. The summed E-state index contributed by atoms with van der Waals surface area (Å²) in [6, 6.07) is 8.60. The number of aryl methyl sites for hydroxylation is 2. The molecule has 0 aliphatic carbocycles. The maximum Gasteiger partial charge on any atom is 0.0301 e. The second-order valence-electron chi connectivity index (χ2n) is 4.28. The molecule has 0 bridgehead atoms. The van der Waals surface area contributed by atoms with E-state index in [1.165, 1.54) is 16.7 Å². The number of benzene rings is 1. The van der Waals surface area contributed by atoms with Crippen molar-refractivity contribution in [1.29, 1.82) is 0 Å². The highest BCUT2D eigenvalue weighted by atomic mass is 79.9. The Morgan fingerprint density at radius 3 is 2.88 bits per heavy atom. The van der Waals surface area contributed by atoms with Crippen LogP contribution in [0.1, 0.15) is 29.2 Å². The fourth-order valence-corrected chi connectivity index (χ4v) is 3.01. The topological polar surface area (TPSA) is 26.0 Å². The van der Waals surface area contributed by atoms with E-state index in [2.05, 4.69) is 57.9 Å². The van der Waals surface area contributed by atoms with E-state index in [0.717, 1.165) is 17.3 Å². The first-order valence-electron chi connectivity index (χ1n) is 5.69. The van der Waals surface area contributed by atoms with E-state index in [1.807, 2.05) is 0 Å². The van der Waals surface area contributed by atoms with E-state index in [1.54, 1.807) is 11.3 Å². The van der Waals surface area contributed by atoms with Crippen molar-refractivity contribution in [1.82, 2.24) is 0 Å². The average molecular weight is 310 g/mol. The molecule has 1 unspecified atom stereocenters. The minimum absolute atomic E-state index is 0.118. The average Bonchev–Trinajstić information content (AvgIpc) is 2.82. The van der Waals surface area contributed by atoms with Crippen molar-refractivity contribution in [2.75, 3.05) is 0 Å². The van der Waals surface area contributed by atoms with Gasteiger partial charge in [0.2, 0.25) is 0 Å². The smallest absolute Gasteiger partial charge is 0.0301 e. The molecule has 0 saturated carbocycles. The third-order valence-electron chi connectivity index (χ3n) is 2.96. The lowest BCUT2D eigenvalue weighted by Gasteiger charge is -2.14. The van der Waals surface area contributed by atoms with Gasteiger partial charge in [0, 0.05) is 10.5 Å². The highest BCUT2D eigenvalue weighted by Crippen LogP contribution is 2.24. The Balaban J connectivity index is 2.04.